The number of rotatable bonds is 10. The zero-order valence-corrected chi connectivity index (χ0v) is 21.0. The number of thiophene rings is 1. The zero-order valence-electron chi connectivity index (χ0n) is 19.4. The Bertz CT molecular complexity index is 1280. The molecule has 1 fully saturated rings. The second-order valence-electron chi connectivity index (χ2n) is 8.33. The summed E-state index contributed by atoms with van der Waals surface area (Å²) in [6, 6.07) is 3.61. The number of ether oxygens (including phenoxy) is 2. The van der Waals surface area contributed by atoms with E-state index in [1.54, 1.807) is 25.1 Å². The smallest absolute Gasteiger partial charge is 0.265 e. The lowest BCUT2D eigenvalue weighted by Gasteiger charge is -2.27. The molecule has 1 saturated carbocycles. The summed E-state index contributed by atoms with van der Waals surface area (Å²) in [5.41, 5.74) is 0.354. The zero-order chi connectivity index (χ0) is 25.5. The Morgan fingerprint density at radius 1 is 1.26 bits per heavy atom. The largest absolute Gasteiger partial charge is 0.493 e. The number of anilines is 1. The minimum absolute atomic E-state index is 0.0363. The number of hydrogen-bond acceptors (Lipinski definition) is 8. The fourth-order valence-corrected chi connectivity index (χ4v) is 6.77. The molecule has 0 bridgehead atoms. The molecule has 12 heteroatoms. The first-order chi connectivity index (χ1) is 16.6. The van der Waals surface area contributed by atoms with Gasteiger partial charge in [0.15, 0.2) is 27.5 Å². The van der Waals surface area contributed by atoms with Crippen LogP contribution in [0.1, 0.15) is 59.0 Å². The van der Waals surface area contributed by atoms with Crippen LogP contribution >= 0.6 is 11.3 Å². The summed E-state index contributed by atoms with van der Waals surface area (Å²) in [5.74, 6) is -2.07. The van der Waals surface area contributed by atoms with Gasteiger partial charge in [0.25, 0.3) is 17.7 Å². The molecule has 3 amide bonds. The third-order valence-electron chi connectivity index (χ3n) is 5.88. The lowest BCUT2D eigenvalue weighted by molar-refractivity contribution is -0.120. The van der Waals surface area contributed by atoms with Crippen molar-refractivity contribution in [3.05, 3.63) is 40.3 Å². The maximum absolute atomic E-state index is 13.5. The van der Waals surface area contributed by atoms with E-state index < -0.39 is 50.8 Å². The Labute approximate surface area is 206 Å². The van der Waals surface area contributed by atoms with Gasteiger partial charge in [0.1, 0.15) is 5.00 Å². The topological polar surface area (TPSA) is 119 Å². The predicted molar refractivity (Wildman–Crippen MR) is 128 cm³/mol. The van der Waals surface area contributed by atoms with Gasteiger partial charge in [0, 0.05) is 5.38 Å². The van der Waals surface area contributed by atoms with E-state index in [9.17, 15) is 27.2 Å². The van der Waals surface area contributed by atoms with Crippen molar-refractivity contribution in [1.29, 1.82) is 0 Å². The van der Waals surface area contributed by atoms with Crippen LogP contribution in [0.5, 0.6) is 11.5 Å². The van der Waals surface area contributed by atoms with Crippen LogP contribution in [0.25, 0.3) is 0 Å². The van der Waals surface area contributed by atoms with Crippen LogP contribution in [0.15, 0.2) is 23.6 Å². The van der Waals surface area contributed by atoms with Crippen LogP contribution in [-0.2, 0) is 14.6 Å². The van der Waals surface area contributed by atoms with Crippen molar-refractivity contribution in [3.8, 4) is 11.5 Å². The summed E-state index contributed by atoms with van der Waals surface area (Å²) in [7, 11) is -2.14. The predicted octanol–water partition coefficient (Wildman–Crippen LogP) is 3.37. The average molecular weight is 525 g/mol. The third-order valence-corrected chi connectivity index (χ3v) is 9.04. The molecular weight excluding hydrogens is 499 g/mol. The van der Waals surface area contributed by atoms with Gasteiger partial charge in [-0.05, 0) is 44.4 Å². The van der Waals surface area contributed by atoms with Gasteiger partial charge in [-0.2, -0.15) is 0 Å². The third kappa shape index (κ3) is 4.76. The number of amides is 3. The quantitative estimate of drug-likeness (QED) is 0.473. The molecule has 0 spiro atoms. The summed E-state index contributed by atoms with van der Waals surface area (Å²) in [5, 5.41) is 3.28. The van der Waals surface area contributed by atoms with Gasteiger partial charge >= 0.3 is 0 Å². The Morgan fingerprint density at radius 3 is 2.57 bits per heavy atom. The number of imide groups is 1. The molecule has 2 heterocycles. The molecule has 1 aromatic heterocycles. The van der Waals surface area contributed by atoms with Gasteiger partial charge in [0.05, 0.1) is 41.9 Å². The second kappa shape index (κ2) is 9.57. The Kier molecular flexibility index (Phi) is 6.87. The maximum atomic E-state index is 13.5. The highest BCUT2D eigenvalue weighted by molar-refractivity contribution is 7.92. The van der Waals surface area contributed by atoms with E-state index in [1.165, 1.54) is 12.5 Å². The Balaban J connectivity index is 1.76. The molecular formula is C23H25FN2O7S2. The Morgan fingerprint density at radius 2 is 1.97 bits per heavy atom. The van der Waals surface area contributed by atoms with E-state index in [0.717, 1.165) is 23.2 Å². The van der Waals surface area contributed by atoms with Gasteiger partial charge in [-0.15, -0.1) is 11.3 Å². The molecule has 1 aromatic carbocycles. The number of halogens is 1. The minimum Gasteiger partial charge on any atom is -0.493 e. The highest BCUT2D eigenvalue weighted by atomic mass is 32.2. The number of benzene rings is 1. The van der Waals surface area contributed by atoms with E-state index in [4.69, 9.17) is 9.47 Å². The second-order valence-corrected chi connectivity index (χ2v) is 11.5. The van der Waals surface area contributed by atoms with E-state index >= 15 is 0 Å². The normalized spacial score (nSPS) is 17.2. The molecule has 0 radical (unpaired) electrons. The number of carbonyl (C=O) groups is 3. The van der Waals surface area contributed by atoms with Crippen LogP contribution < -0.4 is 14.8 Å². The standard InChI is InChI=1S/C23H25FN2O7S2/c1-4-33-18-9-13(5-8-17(18)32-3)16(11-35(30,31)14-6-7-14)26-22(28)15-10-34-21(19(15)23(26)29)25-20(27)12(2)24/h5,8-10,12,14,16H,4,6-7,11H2,1-3H3,(H,25,27)/t12?,16-/m0/s1. The molecule has 35 heavy (non-hydrogen) atoms. The average Bonchev–Trinajstić information content (AvgIpc) is 3.55. The molecule has 1 unspecified atom stereocenters. The molecule has 0 saturated heterocycles. The maximum Gasteiger partial charge on any atom is 0.265 e. The number of fused-ring (bicyclic) bond motifs is 1. The molecule has 1 aliphatic carbocycles. The first kappa shape index (κ1) is 25.1. The van der Waals surface area contributed by atoms with Gasteiger partial charge in [-0.3, -0.25) is 19.3 Å². The van der Waals surface area contributed by atoms with Crippen LogP contribution in [0.3, 0.4) is 0 Å². The minimum atomic E-state index is -3.61. The Hall–Kier alpha value is -2.99. The molecule has 2 aromatic rings. The number of carbonyl (C=O) groups excluding carboxylic acids is 3. The highest BCUT2D eigenvalue weighted by Crippen LogP contribution is 2.42. The van der Waals surface area contributed by atoms with Gasteiger partial charge < -0.3 is 14.8 Å². The molecule has 188 valence electrons. The lowest BCUT2D eigenvalue weighted by Crippen LogP contribution is -2.38. The summed E-state index contributed by atoms with van der Waals surface area (Å²) in [4.78, 5) is 39.6. The fraction of sp³-hybridized carbons (Fsp3) is 0.435. The summed E-state index contributed by atoms with van der Waals surface area (Å²) >= 11 is 0.935. The van der Waals surface area contributed by atoms with Crippen LogP contribution in [0, 0.1) is 0 Å². The van der Waals surface area contributed by atoms with Crippen LogP contribution in [0.4, 0.5) is 9.39 Å². The van der Waals surface area contributed by atoms with E-state index in [1.807, 2.05) is 0 Å². The van der Waals surface area contributed by atoms with Gasteiger partial charge in [-0.1, -0.05) is 6.07 Å². The summed E-state index contributed by atoms with van der Waals surface area (Å²) in [6.45, 7) is 3.15. The SMILES string of the molecule is CCOc1cc([C@H](CS(=O)(=O)C2CC2)N2C(=O)c3csc(NC(=O)C(C)F)c3C2=O)ccc1OC. The number of hydrogen-bond donors (Lipinski definition) is 1. The molecule has 4 rings (SSSR count). The monoisotopic (exact) mass is 524 g/mol. The van der Waals surface area contributed by atoms with Crippen molar-refractivity contribution in [2.24, 2.45) is 0 Å². The first-order valence-electron chi connectivity index (χ1n) is 11.1. The van der Waals surface area contributed by atoms with Gasteiger partial charge in [-0.25, -0.2) is 12.8 Å². The highest BCUT2D eigenvalue weighted by Gasteiger charge is 2.47. The van der Waals surface area contributed by atoms with E-state index in [-0.39, 0.29) is 16.1 Å². The number of nitrogens with one attached hydrogen (secondary N) is 1. The molecule has 1 aliphatic heterocycles. The van der Waals surface area contributed by atoms with Crippen LogP contribution in [0.2, 0.25) is 0 Å². The summed E-state index contributed by atoms with van der Waals surface area (Å²) in [6.07, 6.45) is -0.744. The number of methoxy groups -OCH3 is 1. The number of nitrogens with zero attached hydrogens (tertiary/aromatic N) is 1. The molecule has 2 aliphatic rings. The fourth-order valence-electron chi connectivity index (χ4n) is 3.93. The van der Waals surface area contributed by atoms with Crippen molar-refractivity contribution in [1.82, 2.24) is 4.90 Å². The first-order valence-corrected chi connectivity index (χ1v) is 13.6. The number of sulfone groups is 1. The number of alkyl halides is 1. The molecule has 1 N–H and O–H groups in total. The molecule has 9 nitrogen and oxygen atoms in total. The van der Waals surface area contributed by atoms with Gasteiger partial charge in [0.2, 0.25) is 0 Å². The van der Waals surface area contributed by atoms with E-state index in [2.05, 4.69) is 5.32 Å². The molecule has 2 atom stereocenters. The van der Waals surface area contributed by atoms with Crippen molar-refractivity contribution in [2.75, 3.05) is 24.8 Å². The van der Waals surface area contributed by atoms with Crippen molar-refractivity contribution in [3.63, 3.8) is 0 Å². The van der Waals surface area contributed by atoms with Crippen molar-refractivity contribution in [2.45, 2.75) is 44.2 Å². The lowest BCUT2D eigenvalue weighted by atomic mass is 10.1. The van der Waals surface area contributed by atoms with E-state index in [0.29, 0.717) is 36.5 Å². The summed E-state index contributed by atoms with van der Waals surface area (Å²) < 4.78 is 50.3. The van der Waals surface area contributed by atoms with Crippen LogP contribution in [-0.4, -0.2) is 61.9 Å². The van der Waals surface area contributed by atoms with Crippen molar-refractivity contribution >= 4 is 43.9 Å². The van der Waals surface area contributed by atoms with Crippen molar-refractivity contribution < 1.29 is 36.7 Å².